The molecule has 0 aromatic carbocycles. The molecule has 1 heterocycles. The smallest absolute Gasteiger partial charge is 0.0666 e. The third-order valence-corrected chi connectivity index (χ3v) is 4.95. The Kier molecular flexibility index (Phi) is 5.46. The van der Waals surface area contributed by atoms with Gasteiger partial charge in [0.1, 0.15) is 0 Å². The third kappa shape index (κ3) is 4.27. The lowest BCUT2D eigenvalue weighted by Crippen LogP contribution is -2.17. The maximum absolute atomic E-state index is 9.92. The summed E-state index contributed by atoms with van der Waals surface area (Å²) in [4.78, 5) is 0. The molecule has 2 atom stereocenters. The fraction of sp³-hybridized carbons (Fsp3) is 1.00. The summed E-state index contributed by atoms with van der Waals surface area (Å²) >= 11 is 1.87. The van der Waals surface area contributed by atoms with Gasteiger partial charge in [-0.1, -0.05) is 25.7 Å². The highest BCUT2D eigenvalue weighted by atomic mass is 32.2. The zero-order chi connectivity index (χ0) is 11.2. The number of ether oxygens (including phenoxy) is 1. The molecule has 1 aliphatic heterocycles. The Bertz CT molecular complexity index is 186. The lowest BCUT2D eigenvalue weighted by molar-refractivity contribution is 0.128. The van der Waals surface area contributed by atoms with Crippen molar-refractivity contribution < 1.29 is 9.84 Å². The monoisotopic (exact) mass is 244 g/mol. The first-order valence-electron chi connectivity index (χ1n) is 6.72. The van der Waals surface area contributed by atoms with Crippen LogP contribution >= 0.6 is 11.8 Å². The molecule has 94 valence electrons. The van der Waals surface area contributed by atoms with Crippen LogP contribution < -0.4 is 0 Å². The van der Waals surface area contributed by atoms with Crippen LogP contribution in [-0.4, -0.2) is 35.4 Å². The normalized spacial score (nSPS) is 28.7. The van der Waals surface area contributed by atoms with Crippen molar-refractivity contribution in [1.82, 2.24) is 0 Å². The fourth-order valence-corrected chi connectivity index (χ4v) is 3.88. The third-order valence-electron chi connectivity index (χ3n) is 3.72. The molecule has 1 aliphatic carbocycles. The zero-order valence-corrected chi connectivity index (χ0v) is 10.9. The van der Waals surface area contributed by atoms with Crippen LogP contribution in [0, 0.1) is 5.92 Å². The maximum atomic E-state index is 9.92. The van der Waals surface area contributed by atoms with Crippen molar-refractivity contribution in [3.8, 4) is 0 Å². The molecule has 2 nitrogen and oxygen atoms in total. The Labute approximate surface area is 103 Å². The van der Waals surface area contributed by atoms with Crippen LogP contribution in [0.2, 0.25) is 0 Å². The largest absolute Gasteiger partial charge is 0.392 e. The summed E-state index contributed by atoms with van der Waals surface area (Å²) in [6.07, 6.45) is 9.26. The number of aliphatic hydroxyl groups is 1. The molecule has 2 rings (SSSR count). The Morgan fingerprint density at radius 3 is 2.69 bits per heavy atom. The van der Waals surface area contributed by atoms with Gasteiger partial charge in [-0.15, -0.1) is 0 Å². The molecule has 2 aliphatic rings. The van der Waals surface area contributed by atoms with Crippen molar-refractivity contribution in [3.63, 3.8) is 0 Å². The number of rotatable bonds is 6. The molecule has 16 heavy (non-hydrogen) atoms. The quantitative estimate of drug-likeness (QED) is 0.779. The predicted molar refractivity (Wildman–Crippen MR) is 68.9 cm³/mol. The summed E-state index contributed by atoms with van der Waals surface area (Å²) in [6.45, 7) is 0.940. The van der Waals surface area contributed by atoms with Crippen LogP contribution in [0.1, 0.15) is 44.9 Å². The molecule has 1 saturated heterocycles. The van der Waals surface area contributed by atoms with E-state index in [0.717, 1.165) is 30.5 Å². The first-order chi connectivity index (χ1) is 7.84. The van der Waals surface area contributed by atoms with Crippen LogP contribution in [-0.2, 0) is 4.74 Å². The zero-order valence-electron chi connectivity index (χ0n) is 10.1. The number of hydrogen-bond acceptors (Lipinski definition) is 3. The minimum atomic E-state index is -0.0884. The molecule has 0 amide bonds. The van der Waals surface area contributed by atoms with Crippen molar-refractivity contribution in [3.05, 3.63) is 0 Å². The van der Waals surface area contributed by atoms with Gasteiger partial charge in [-0.25, -0.2) is 0 Å². The van der Waals surface area contributed by atoms with E-state index in [1.807, 2.05) is 11.8 Å². The molecule has 0 aromatic rings. The molecule has 2 unspecified atom stereocenters. The molecular weight excluding hydrogens is 220 g/mol. The summed E-state index contributed by atoms with van der Waals surface area (Å²) in [5.74, 6) is 2.77. The maximum Gasteiger partial charge on any atom is 0.0666 e. The van der Waals surface area contributed by atoms with E-state index >= 15 is 0 Å². The van der Waals surface area contributed by atoms with Crippen molar-refractivity contribution in [2.24, 2.45) is 5.92 Å². The van der Waals surface area contributed by atoms with Crippen molar-refractivity contribution >= 4 is 11.8 Å². The molecule has 3 heteroatoms. The van der Waals surface area contributed by atoms with E-state index in [4.69, 9.17) is 4.74 Å². The standard InChI is InChI=1S/C13H24O2S/c14-12(8-11-4-1-2-5-11)9-16-10-13-6-3-7-15-13/h11-14H,1-10H2. The van der Waals surface area contributed by atoms with E-state index in [1.165, 1.54) is 38.5 Å². The van der Waals surface area contributed by atoms with Crippen molar-refractivity contribution in [2.75, 3.05) is 18.1 Å². The Morgan fingerprint density at radius 2 is 2.00 bits per heavy atom. The van der Waals surface area contributed by atoms with Crippen LogP contribution in [0.3, 0.4) is 0 Å². The van der Waals surface area contributed by atoms with Gasteiger partial charge in [-0.3, -0.25) is 0 Å². The van der Waals surface area contributed by atoms with E-state index in [2.05, 4.69) is 0 Å². The first-order valence-corrected chi connectivity index (χ1v) is 7.87. The van der Waals surface area contributed by atoms with Crippen molar-refractivity contribution in [1.29, 1.82) is 0 Å². The second kappa shape index (κ2) is 6.87. The average Bonchev–Trinajstić information content (AvgIpc) is 2.90. The fourth-order valence-electron chi connectivity index (χ4n) is 2.81. The highest BCUT2D eigenvalue weighted by Crippen LogP contribution is 2.29. The van der Waals surface area contributed by atoms with Gasteiger partial charge in [-0.05, 0) is 25.2 Å². The van der Waals surface area contributed by atoms with Crippen LogP contribution in [0.4, 0.5) is 0 Å². The Hall–Kier alpha value is 0.270. The van der Waals surface area contributed by atoms with E-state index < -0.39 is 0 Å². The highest BCUT2D eigenvalue weighted by molar-refractivity contribution is 7.99. The van der Waals surface area contributed by atoms with Gasteiger partial charge in [0.2, 0.25) is 0 Å². The van der Waals surface area contributed by atoms with Gasteiger partial charge in [0.25, 0.3) is 0 Å². The van der Waals surface area contributed by atoms with E-state index in [9.17, 15) is 5.11 Å². The summed E-state index contributed by atoms with van der Waals surface area (Å²) in [5, 5.41) is 9.92. The molecule has 2 fully saturated rings. The Balaban J connectivity index is 1.51. The molecule has 0 aromatic heterocycles. The average molecular weight is 244 g/mol. The van der Waals surface area contributed by atoms with E-state index in [0.29, 0.717) is 6.10 Å². The molecular formula is C13H24O2S. The van der Waals surface area contributed by atoms with Gasteiger partial charge in [-0.2, -0.15) is 11.8 Å². The van der Waals surface area contributed by atoms with E-state index in [-0.39, 0.29) is 6.10 Å². The molecule has 1 N–H and O–H groups in total. The lowest BCUT2D eigenvalue weighted by Gasteiger charge is -2.16. The molecule has 1 saturated carbocycles. The Morgan fingerprint density at radius 1 is 1.19 bits per heavy atom. The highest BCUT2D eigenvalue weighted by Gasteiger charge is 2.20. The number of hydrogen-bond donors (Lipinski definition) is 1. The lowest BCUT2D eigenvalue weighted by atomic mass is 10.0. The topological polar surface area (TPSA) is 29.5 Å². The summed E-state index contributed by atoms with van der Waals surface area (Å²) in [6, 6.07) is 0. The predicted octanol–water partition coefficient (Wildman–Crippen LogP) is 2.84. The minimum absolute atomic E-state index is 0.0884. The van der Waals surface area contributed by atoms with Crippen LogP contribution in [0.15, 0.2) is 0 Å². The summed E-state index contributed by atoms with van der Waals surface area (Å²) in [5.41, 5.74) is 0. The summed E-state index contributed by atoms with van der Waals surface area (Å²) in [7, 11) is 0. The second-order valence-corrected chi connectivity index (χ2v) is 6.29. The van der Waals surface area contributed by atoms with Gasteiger partial charge in [0.05, 0.1) is 12.2 Å². The van der Waals surface area contributed by atoms with E-state index in [1.54, 1.807) is 0 Å². The van der Waals surface area contributed by atoms with Gasteiger partial charge >= 0.3 is 0 Å². The van der Waals surface area contributed by atoms with Crippen molar-refractivity contribution in [2.45, 2.75) is 57.2 Å². The van der Waals surface area contributed by atoms with Gasteiger partial charge in [0, 0.05) is 18.1 Å². The summed E-state index contributed by atoms with van der Waals surface area (Å²) < 4.78 is 5.57. The molecule has 0 bridgehead atoms. The number of aliphatic hydroxyl groups excluding tert-OH is 1. The first kappa shape index (κ1) is 12.7. The molecule has 0 spiro atoms. The van der Waals surface area contributed by atoms with Crippen LogP contribution in [0.5, 0.6) is 0 Å². The van der Waals surface area contributed by atoms with Gasteiger partial charge in [0.15, 0.2) is 0 Å². The van der Waals surface area contributed by atoms with Gasteiger partial charge < -0.3 is 9.84 Å². The SMILES string of the molecule is OC(CSCC1CCCO1)CC1CCCC1. The molecule has 0 radical (unpaired) electrons. The van der Waals surface area contributed by atoms with Crippen LogP contribution in [0.25, 0.3) is 0 Å². The number of thioether (sulfide) groups is 1. The minimum Gasteiger partial charge on any atom is -0.392 e. The second-order valence-electron chi connectivity index (χ2n) is 5.21.